The van der Waals surface area contributed by atoms with Gasteiger partial charge in [0.2, 0.25) is 0 Å². The molecule has 6 rings (SSSR count). The summed E-state index contributed by atoms with van der Waals surface area (Å²) in [5.74, 6) is 1.63. The lowest BCUT2D eigenvalue weighted by Gasteiger charge is -2.55. The van der Waals surface area contributed by atoms with Crippen LogP contribution >= 0.6 is 11.6 Å². The number of carbonyl (C=O) groups is 2. The third kappa shape index (κ3) is 4.98. The Labute approximate surface area is 228 Å². The number of carbonyl (C=O) groups excluding carboxylic acids is 2. The van der Waals surface area contributed by atoms with E-state index in [2.05, 4.69) is 4.72 Å². The molecule has 0 radical (unpaired) electrons. The van der Waals surface area contributed by atoms with Gasteiger partial charge in [0.25, 0.3) is 10.0 Å². The van der Waals surface area contributed by atoms with Crippen LogP contribution in [0.5, 0.6) is 11.5 Å². The Morgan fingerprint density at radius 1 is 0.974 bits per heavy atom. The van der Waals surface area contributed by atoms with Crippen molar-refractivity contribution < 1.29 is 32.2 Å². The van der Waals surface area contributed by atoms with Crippen molar-refractivity contribution in [1.82, 2.24) is 0 Å². The molecule has 0 aliphatic heterocycles. The first-order valence-corrected chi connectivity index (χ1v) is 14.6. The van der Waals surface area contributed by atoms with Crippen LogP contribution in [0, 0.1) is 30.1 Å². The van der Waals surface area contributed by atoms with Gasteiger partial charge in [-0.3, -0.25) is 9.52 Å². The van der Waals surface area contributed by atoms with Crippen LogP contribution in [-0.4, -0.2) is 41.0 Å². The number of ketones is 1. The normalized spacial score (nSPS) is 25.6. The summed E-state index contributed by atoms with van der Waals surface area (Å²) >= 11 is 6.19. The molecule has 4 aliphatic carbocycles. The van der Waals surface area contributed by atoms with Gasteiger partial charge in [-0.15, -0.1) is 0 Å². The first-order valence-electron chi connectivity index (χ1n) is 12.8. The molecule has 4 bridgehead atoms. The predicted octanol–water partition coefficient (Wildman–Crippen LogP) is 5.41. The van der Waals surface area contributed by atoms with Gasteiger partial charge in [0, 0.05) is 11.5 Å². The van der Waals surface area contributed by atoms with E-state index in [0.29, 0.717) is 29.1 Å². The number of methoxy groups -OCH3 is 2. The number of esters is 1. The number of benzene rings is 2. The molecule has 0 spiro atoms. The summed E-state index contributed by atoms with van der Waals surface area (Å²) in [7, 11) is -1.30. The maximum absolute atomic E-state index is 13.3. The zero-order chi connectivity index (χ0) is 27.2. The fraction of sp³-hybridized carbons (Fsp3) is 0.500. The van der Waals surface area contributed by atoms with Crippen molar-refractivity contribution in [2.75, 3.05) is 25.5 Å². The second kappa shape index (κ2) is 10.1. The highest BCUT2D eigenvalue weighted by molar-refractivity contribution is 7.92. The predicted molar refractivity (Wildman–Crippen MR) is 142 cm³/mol. The van der Waals surface area contributed by atoms with Crippen molar-refractivity contribution in [2.24, 2.45) is 23.2 Å². The topological polar surface area (TPSA) is 108 Å². The number of Topliss-reactive ketones (excluding diaryl/α,β-unsaturated/α-hetero) is 1. The Morgan fingerprint density at radius 2 is 1.58 bits per heavy atom. The largest absolute Gasteiger partial charge is 0.495 e. The maximum Gasteiger partial charge on any atom is 0.338 e. The fourth-order valence-electron chi connectivity index (χ4n) is 6.98. The molecule has 8 nitrogen and oxygen atoms in total. The number of sulfonamides is 1. The number of hydrogen-bond donors (Lipinski definition) is 1. The summed E-state index contributed by atoms with van der Waals surface area (Å²) in [6, 6.07) is 7.15. The third-order valence-electron chi connectivity index (χ3n) is 8.40. The molecule has 0 unspecified atom stereocenters. The number of rotatable bonds is 9. The van der Waals surface area contributed by atoms with Gasteiger partial charge in [0.1, 0.15) is 11.5 Å². The molecule has 10 heteroatoms. The molecule has 2 aromatic rings. The molecule has 38 heavy (non-hydrogen) atoms. The number of aryl methyl sites for hydroxylation is 1. The first-order chi connectivity index (χ1) is 18.0. The molecule has 2 aromatic carbocycles. The average molecular weight is 562 g/mol. The van der Waals surface area contributed by atoms with Crippen LogP contribution in [0.1, 0.15) is 54.4 Å². The van der Waals surface area contributed by atoms with Crippen LogP contribution < -0.4 is 14.2 Å². The van der Waals surface area contributed by atoms with E-state index in [4.69, 9.17) is 25.8 Å². The van der Waals surface area contributed by atoms with E-state index in [1.54, 1.807) is 6.92 Å². The number of halogens is 1. The van der Waals surface area contributed by atoms with Crippen molar-refractivity contribution in [1.29, 1.82) is 0 Å². The second-order valence-corrected chi connectivity index (χ2v) is 13.0. The van der Waals surface area contributed by atoms with Gasteiger partial charge in [-0.05, 0) is 87.0 Å². The molecular formula is C28H32ClNO7S. The van der Waals surface area contributed by atoms with Crippen LogP contribution in [0.25, 0.3) is 0 Å². The maximum atomic E-state index is 13.3. The van der Waals surface area contributed by atoms with E-state index < -0.39 is 16.0 Å². The van der Waals surface area contributed by atoms with E-state index in [0.717, 1.165) is 19.3 Å². The Hall–Kier alpha value is -2.78. The van der Waals surface area contributed by atoms with Gasteiger partial charge in [0.05, 0.1) is 35.4 Å². The van der Waals surface area contributed by atoms with Gasteiger partial charge >= 0.3 is 5.97 Å². The average Bonchev–Trinajstić information content (AvgIpc) is 2.86. The highest BCUT2D eigenvalue weighted by Crippen LogP contribution is 2.60. The van der Waals surface area contributed by atoms with E-state index in [9.17, 15) is 18.0 Å². The SMILES string of the molecule is COc1cc(OC)c(NS(=O)(=O)c2cc(C(=O)OCC(=O)C34CC5CC(CC(C5)C3)C4)ccc2C)cc1Cl. The Morgan fingerprint density at radius 3 is 2.16 bits per heavy atom. The van der Waals surface area contributed by atoms with Gasteiger partial charge in [-0.25, -0.2) is 13.2 Å². The summed E-state index contributed by atoms with van der Waals surface area (Å²) in [5.41, 5.74) is 0.234. The van der Waals surface area contributed by atoms with Gasteiger partial charge in [-0.1, -0.05) is 17.7 Å². The monoisotopic (exact) mass is 561 g/mol. The minimum Gasteiger partial charge on any atom is -0.495 e. The number of nitrogens with one attached hydrogen (secondary N) is 1. The smallest absolute Gasteiger partial charge is 0.338 e. The highest BCUT2D eigenvalue weighted by Gasteiger charge is 2.54. The van der Waals surface area contributed by atoms with Crippen LogP contribution in [0.4, 0.5) is 5.69 Å². The third-order valence-corrected chi connectivity index (χ3v) is 10.2. The zero-order valence-corrected chi connectivity index (χ0v) is 23.3. The summed E-state index contributed by atoms with van der Waals surface area (Å²) in [4.78, 5) is 26.0. The van der Waals surface area contributed by atoms with Gasteiger partial charge in [-0.2, -0.15) is 0 Å². The lowest BCUT2D eigenvalue weighted by atomic mass is 9.48. The summed E-state index contributed by atoms with van der Waals surface area (Å²) in [5, 5.41) is 0.198. The molecular weight excluding hydrogens is 530 g/mol. The Bertz CT molecular complexity index is 1350. The highest BCUT2D eigenvalue weighted by atomic mass is 35.5. The van der Waals surface area contributed by atoms with Crippen molar-refractivity contribution in [3.05, 3.63) is 46.5 Å². The molecule has 4 saturated carbocycles. The molecule has 0 saturated heterocycles. The van der Waals surface area contributed by atoms with Crippen LogP contribution in [-0.2, 0) is 19.6 Å². The van der Waals surface area contributed by atoms with Crippen molar-refractivity contribution in [3.63, 3.8) is 0 Å². The summed E-state index contributed by atoms with van der Waals surface area (Å²) in [6.07, 6.45) is 6.34. The van der Waals surface area contributed by atoms with Gasteiger partial charge in [0.15, 0.2) is 12.4 Å². The van der Waals surface area contributed by atoms with Crippen molar-refractivity contribution >= 4 is 39.1 Å². The van der Waals surface area contributed by atoms with Crippen molar-refractivity contribution in [3.8, 4) is 11.5 Å². The lowest BCUT2D eigenvalue weighted by Crippen LogP contribution is -2.51. The van der Waals surface area contributed by atoms with E-state index in [1.807, 2.05) is 0 Å². The molecule has 0 aromatic heterocycles. The molecule has 0 atom stereocenters. The van der Waals surface area contributed by atoms with E-state index >= 15 is 0 Å². The van der Waals surface area contributed by atoms with Crippen LogP contribution in [0.3, 0.4) is 0 Å². The minimum absolute atomic E-state index is 0.00458. The fourth-order valence-corrected chi connectivity index (χ4v) is 8.55. The van der Waals surface area contributed by atoms with Crippen LogP contribution in [0.15, 0.2) is 35.2 Å². The lowest BCUT2D eigenvalue weighted by molar-refractivity contribution is -0.147. The number of hydrogen-bond acceptors (Lipinski definition) is 7. The zero-order valence-electron chi connectivity index (χ0n) is 21.7. The molecule has 4 aliphatic rings. The number of anilines is 1. The second-order valence-electron chi connectivity index (χ2n) is 11.0. The van der Waals surface area contributed by atoms with Crippen LogP contribution in [0.2, 0.25) is 5.02 Å². The van der Waals surface area contributed by atoms with E-state index in [-0.39, 0.29) is 44.7 Å². The summed E-state index contributed by atoms with van der Waals surface area (Å²) in [6.45, 7) is 1.33. The molecule has 0 heterocycles. The first kappa shape index (κ1) is 26.8. The number of ether oxygens (including phenoxy) is 3. The molecule has 0 amide bonds. The quantitative estimate of drug-likeness (QED) is 0.408. The van der Waals surface area contributed by atoms with E-state index in [1.165, 1.54) is 63.8 Å². The van der Waals surface area contributed by atoms with Gasteiger partial charge < -0.3 is 14.2 Å². The Kier molecular flexibility index (Phi) is 7.11. The Balaban J connectivity index is 1.31. The molecule has 1 N–H and O–H groups in total. The molecule has 4 fully saturated rings. The molecule has 204 valence electrons. The summed E-state index contributed by atoms with van der Waals surface area (Å²) < 4.78 is 45.0. The van der Waals surface area contributed by atoms with Crippen molar-refractivity contribution in [2.45, 2.75) is 50.3 Å². The minimum atomic E-state index is -4.14. The standard InChI is InChI=1S/C28H32ClNO7S/c1-16-4-5-20(9-25(16)38(33,34)30-22-10-21(29)23(35-2)11-24(22)36-3)27(32)37-15-26(31)28-12-17-6-18(13-28)8-19(7-17)14-28/h4-5,9-11,17-19,30H,6-8,12-15H2,1-3H3.